The maximum absolute atomic E-state index is 13.5. The molecule has 312 valence electrons. The van der Waals surface area contributed by atoms with Crippen LogP contribution in [0.4, 0.5) is 37.5 Å². The minimum Gasteiger partial charge on any atom is -0.494 e. The highest BCUT2D eigenvalue weighted by molar-refractivity contribution is 6.31. The standard InChI is InChI=1S/C23H24ClFN4O2.C21H20ClFN4O2/c1-4-31-22-13-21-18(11-15(22)10-17(30)6-5-9-29(2)3)23(27-14-26-21)28-16-7-8-20(25)19(24)12-16;1-3-29-19-10-17-14(9-18(19)27-12(2)4-7-20(27)28)21(25-11-24-17)26-13-5-6-16(23)15(22)8-13/h5-8,11-14H,4,9-10H2,1-3H3,(H,26,27,28);5-6,8-11,20,28H,2-4,7H2,1H3,(H,24,25,26)/b6-5+;. The van der Waals surface area contributed by atoms with Crippen LogP contribution in [0.25, 0.3) is 21.8 Å². The highest BCUT2D eigenvalue weighted by atomic mass is 35.5. The number of fused-ring (bicyclic) bond motifs is 2. The molecule has 1 unspecified atom stereocenters. The number of halogens is 4. The van der Waals surface area contributed by atoms with Crippen LogP contribution >= 0.6 is 23.2 Å². The molecule has 3 N–H and O–H groups in total. The second-order valence-corrected chi connectivity index (χ2v) is 14.7. The average Bonchev–Trinajstić information content (AvgIpc) is 3.55. The van der Waals surface area contributed by atoms with E-state index in [0.717, 1.165) is 16.6 Å². The van der Waals surface area contributed by atoms with Gasteiger partial charge in [0.2, 0.25) is 0 Å². The molecule has 0 aliphatic carbocycles. The van der Waals surface area contributed by atoms with E-state index in [1.165, 1.54) is 36.9 Å². The molecule has 16 heteroatoms. The van der Waals surface area contributed by atoms with Crippen LogP contribution in [0.1, 0.15) is 32.3 Å². The lowest BCUT2D eigenvalue weighted by atomic mass is 10.0. The Morgan fingerprint density at radius 3 is 1.93 bits per heavy atom. The Hall–Kier alpha value is -5.93. The topological polar surface area (TPSA) is 138 Å². The summed E-state index contributed by atoms with van der Waals surface area (Å²) in [5, 5.41) is 18.2. The molecular weight excluding hydrogens is 813 g/mol. The summed E-state index contributed by atoms with van der Waals surface area (Å²) in [6.45, 7) is 9.47. The van der Waals surface area contributed by atoms with Gasteiger partial charge in [-0.1, -0.05) is 35.9 Å². The molecule has 1 fully saturated rings. The van der Waals surface area contributed by atoms with Crippen LogP contribution in [0.2, 0.25) is 10.0 Å². The Morgan fingerprint density at radius 2 is 1.42 bits per heavy atom. The maximum Gasteiger partial charge on any atom is 0.159 e. The zero-order valence-electron chi connectivity index (χ0n) is 33.5. The molecule has 0 bridgehead atoms. The molecule has 1 atom stereocenters. The van der Waals surface area contributed by atoms with Crippen LogP contribution in [0.3, 0.4) is 0 Å². The molecule has 2 aromatic heterocycles. The van der Waals surface area contributed by atoms with Gasteiger partial charge in [-0.3, -0.25) is 4.79 Å². The van der Waals surface area contributed by atoms with Crippen molar-refractivity contribution < 1.29 is 28.2 Å². The van der Waals surface area contributed by atoms with E-state index in [-0.39, 0.29) is 22.2 Å². The number of aliphatic hydroxyl groups is 1. The van der Waals surface area contributed by atoms with Gasteiger partial charge in [0.25, 0.3) is 0 Å². The van der Waals surface area contributed by atoms with Crippen molar-refractivity contribution in [2.45, 2.75) is 39.3 Å². The molecule has 0 saturated carbocycles. The molecule has 60 heavy (non-hydrogen) atoms. The lowest BCUT2D eigenvalue weighted by Gasteiger charge is -2.26. The number of likely N-dealkylation sites (N-methyl/N-ethyl adjacent to an activating group) is 1. The molecule has 6 aromatic rings. The van der Waals surface area contributed by atoms with Gasteiger partial charge in [0.1, 0.15) is 53.7 Å². The number of hydrogen-bond acceptors (Lipinski definition) is 12. The summed E-state index contributed by atoms with van der Waals surface area (Å²) in [6.07, 6.45) is 7.11. The quantitative estimate of drug-likeness (QED) is 0.0900. The van der Waals surface area contributed by atoms with Crippen molar-refractivity contribution in [2.24, 2.45) is 0 Å². The minimum atomic E-state index is -0.670. The van der Waals surface area contributed by atoms with Crippen LogP contribution < -0.4 is 25.0 Å². The second-order valence-electron chi connectivity index (χ2n) is 13.9. The third-order valence-electron chi connectivity index (χ3n) is 9.23. The Kier molecular flexibility index (Phi) is 14.5. The number of hydrogen-bond donors (Lipinski definition) is 3. The zero-order chi connectivity index (χ0) is 42.9. The number of benzene rings is 4. The van der Waals surface area contributed by atoms with Gasteiger partial charge in [-0.15, -0.1) is 0 Å². The van der Waals surface area contributed by atoms with Gasteiger partial charge in [0.05, 0.1) is 40.0 Å². The van der Waals surface area contributed by atoms with E-state index in [2.05, 4.69) is 37.1 Å². The third kappa shape index (κ3) is 10.6. The molecule has 7 rings (SSSR count). The van der Waals surface area contributed by atoms with E-state index in [0.29, 0.717) is 89.2 Å². The van der Waals surface area contributed by atoms with Crippen molar-refractivity contribution in [1.82, 2.24) is 24.8 Å². The summed E-state index contributed by atoms with van der Waals surface area (Å²) in [4.78, 5) is 33.5. The number of aromatic nitrogens is 4. The van der Waals surface area contributed by atoms with Gasteiger partial charge < -0.3 is 35.0 Å². The summed E-state index contributed by atoms with van der Waals surface area (Å²) < 4.78 is 38.5. The number of carbonyl (C=O) groups is 1. The largest absolute Gasteiger partial charge is 0.494 e. The van der Waals surface area contributed by atoms with Crippen molar-refractivity contribution in [2.75, 3.05) is 49.4 Å². The number of allylic oxidation sites excluding steroid dienone is 2. The first-order valence-corrected chi connectivity index (χ1v) is 19.9. The Labute approximate surface area is 356 Å². The van der Waals surface area contributed by atoms with Crippen LogP contribution in [0, 0.1) is 11.6 Å². The fourth-order valence-corrected chi connectivity index (χ4v) is 6.80. The number of carbonyl (C=O) groups excluding carboxylic acids is 1. The number of ether oxygens (including phenoxy) is 2. The Balaban J connectivity index is 0.000000202. The van der Waals surface area contributed by atoms with Crippen LogP contribution in [0.5, 0.6) is 11.5 Å². The fraction of sp³-hybridized carbons (Fsp3) is 0.250. The highest BCUT2D eigenvalue weighted by Crippen LogP contribution is 2.41. The van der Waals surface area contributed by atoms with Crippen molar-refractivity contribution in [3.05, 3.63) is 125 Å². The van der Waals surface area contributed by atoms with E-state index < -0.39 is 17.9 Å². The SMILES string of the molecule is C=C1CCC(O)N1c1cc2c(Nc3ccc(F)c(Cl)c3)ncnc2cc1OCC.CCOc1cc2ncnc(Nc3ccc(F)c(Cl)c3)c2cc1CC(=O)/C=C/CN(C)C. The van der Waals surface area contributed by atoms with Gasteiger partial charge in [-0.25, -0.2) is 28.7 Å². The summed E-state index contributed by atoms with van der Waals surface area (Å²) in [7, 11) is 3.88. The third-order valence-corrected chi connectivity index (χ3v) is 9.81. The molecule has 0 spiro atoms. The zero-order valence-corrected chi connectivity index (χ0v) is 35.0. The van der Waals surface area contributed by atoms with Gasteiger partial charge >= 0.3 is 0 Å². The predicted octanol–water partition coefficient (Wildman–Crippen LogP) is 9.79. The normalized spacial score (nSPS) is 13.9. The minimum absolute atomic E-state index is 0.0118. The molecule has 4 aromatic carbocycles. The van der Waals surface area contributed by atoms with Crippen molar-refractivity contribution in [1.29, 1.82) is 0 Å². The lowest BCUT2D eigenvalue weighted by Crippen LogP contribution is -2.27. The van der Waals surface area contributed by atoms with Gasteiger partial charge in [0, 0.05) is 58.5 Å². The van der Waals surface area contributed by atoms with Crippen LogP contribution in [-0.4, -0.2) is 75.8 Å². The van der Waals surface area contributed by atoms with Gasteiger partial charge in [-0.2, -0.15) is 0 Å². The average molecular weight is 858 g/mol. The number of rotatable bonds is 14. The summed E-state index contributed by atoms with van der Waals surface area (Å²) in [5.74, 6) is 1.25. The van der Waals surface area contributed by atoms with Crippen molar-refractivity contribution in [3.8, 4) is 11.5 Å². The van der Waals surface area contributed by atoms with Crippen LogP contribution in [-0.2, 0) is 11.2 Å². The molecule has 0 amide bonds. The van der Waals surface area contributed by atoms with E-state index in [1.807, 2.05) is 57.1 Å². The van der Waals surface area contributed by atoms with Crippen LogP contribution in [0.15, 0.2) is 97.7 Å². The molecule has 1 saturated heterocycles. The number of anilines is 5. The maximum atomic E-state index is 13.5. The van der Waals surface area contributed by atoms with E-state index in [4.69, 9.17) is 32.7 Å². The Bertz CT molecular complexity index is 2560. The molecule has 3 heterocycles. The molecule has 12 nitrogen and oxygen atoms in total. The fourth-order valence-electron chi connectivity index (χ4n) is 6.44. The number of aliphatic hydroxyl groups excluding tert-OH is 1. The predicted molar refractivity (Wildman–Crippen MR) is 234 cm³/mol. The van der Waals surface area contributed by atoms with Gasteiger partial charge in [0.15, 0.2) is 5.78 Å². The number of ketones is 1. The van der Waals surface area contributed by atoms with E-state index in [1.54, 1.807) is 29.2 Å². The van der Waals surface area contributed by atoms with Crippen molar-refractivity contribution >= 4 is 79.5 Å². The lowest BCUT2D eigenvalue weighted by molar-refractivity contribution is -0.114. The molecular formula is C44H44Cl2F2N8O4. The molecule has 1 aliphatic rings. The number of nitrogens with one attached hydrogen (secondary N) is 2. The summed E-state index contributed by atoms with van der Waals surface area (Å²) in [6, 6.07) is 16.0. The van der Waals surface area contributed by atoms with Gasteiger partial charge in [-0.05, 0) is 95.4 Å². The Morgan fingerprint density at radius 1 is 0.867 bits per heavy atom. The second kappa shape index (κ2) is 19.9. The molecule has 0 radical (unpaired) electrons. The first-order chi connectivity index (χ1) is 28.8. The summed E-state index contributed by atoms with van der Waals surface area (Å²) in [5.41, 5.74) is 4.76. The smallest absolute Gasteiger partial charge is 0.159 e. The highest BCUT2D eigenvalue weighted by Gasteiger charge is 2.29. The molecule has 1 aliphatic heterocycles. The number of nitrogens with zero attached hydrogens (tertiary/aromatic N) is 6. The van der Waals surface area contributed by atoms with Crippen molar-refractivity contribution in [3.63, 3.8) is 0 Å². The first kappa shape index (κ1) is 43.6. The van der Waals surface area contributed by atoms with E-state index in [9.17, 15) is 18.7 Å². The van der Waals surface area contributed by atoms with E-state index >= 15 is 0 Å². The summed E-state index contributed by atoms with van der Waals surface area (Å²) >= 11 is 11.8. The first-order valence-electron chi connectivity index (χ1n) is 19.1. The monoisotopic (exact) mass is 856 g/mol.